The zero-order chi connectivity index (χ0) is 13.1. The molecule has 0 amide bonds. The SMILES string of the molecule is C=C[C@@H](C1=CC(=O)C=CC1=O)c1ccc(O)cc1. The number of ketones is 2. The third-order valence-corrected chi connectivity index (χ3v) is 2.80. The quantitative estimate of drug-likeness (QED) is 0.651. The summed E-state index contributed by atoms with van der Waals surface area (Å²) >= 11 is 0. The van der Waals surface area contributed by atoms with Crippen LogP contribution >= 0.6 is 0 Å². The van der Waals surface area contributed by atoms with Crippen LogP contribution in [0.15, 0.2) is 60.7 Å². The Morgan fingerprint density at radius 2 is 1.78 bits per heavy atom. The number of carbonyl (C=O) groups is 2. The second-order valence-electron chi connectivity index (χ2n) is 4.00. The molecular weight excluding hydrogens is 228 g/mol. The van der Waals surface area contributed by atoms with Gasteiger partial charge >= 0.3 is 0 Å². The van der Waals surface area contributed by atoms with Gasteiger partial charge < -0.3 is 5.11 Å². The minimum Gasteiger partial charge on any atom is -0.508 e. The van der Waals surface area contributed by atoms with Gasteiger partial charge in [-0.05, 0) is 35.9 Å². The predicted octanol–water partition coefficient (Wildman–Crippen LogP) is 2.30. The van der Waals surface area contributed by atoms with Crippen LogP contribution in [0.5, 0.6) is 5.75 Å². The lowest BCUT2D eigenvalue weighted by Gasteiger charge is -2.16. The van der Waals surface area contributed by atoms with E-state index in [2.05, 4.69) is 6.58 Å². The highest BCUT2D eigenvalue weighted by Crippen LogP contribution is 2.29. The monoisotopic (exact) mass is 240 g/mol. The minimum atomic E-state index is -0.341. The van der Waals surface area contributed by atoms with Crippen molar-refractivity contribution in [3.05, 3.63) is 66.3 Å². The molecule has 0 spiro atoms. The summed E-state index contributed by atoms with van der Waals surface area (Å²) in [7, 11) is 0. The maximum atomic E-state index is 11.8. The van der Waals surface area contributed by atoms with E-state index in [1.807, 2.05) is 0 Å². The van der Waals surface area contributed by atoms with Gasteiger partial charge in [-0.15, -0.1) is 6.58 Å². The maximum Gasteiger partial charge on any atom is 0.183 e. The molecule has 1 N–H and O–H groups in total. The average molecular weight is 240 g/mol. The molecule has 0 aliphatic heterocycles. The Bertz CT molecular complexity index is 562. The Labute approximate surface area is 105 Å². The summed E-state index contributed by atoms with van der Waals surface area (Å²) in [6, 6.07) is 6.49. The molecule has 90 valence electrons. The fourth-order valence-electron chi connectivity index (χ4n) is 1.89. The van der Waals surface area contributed by atoms with Crippen LogP contribution in [0.3, 0.4) is 0 Å². The summed E-state index contributed by atoms with van der Waals surface area (Å²) in [4.78, 5) is 23.1. The van der Waals surface area contributed by atoms with E-state index in [9.17, 15) is 14.7 Å². The fraction of sp³-hybridized carbons (Fsp3) is 0.0667. The van der Waals surface area contributed by atoms with E-state index in [0.717, 1.165) is 5.56 Å². The van der Waals surface area contributed by atoms with E-state index in [4.69, 9.17) is 0 Å². The minimum absolute atomic E-state index is 0.154. The second-order valence-corrected chi connectivity index (χ2v) is 4.00. The van der Waals surface area contributed by atoms with Crippen molar-refractivity contribution in [1.82, 2.24) is 0 Å². The van der Waals surface area contributed by atoms with Crippen LogP contribution < -0.4 is 0 Å². The normalized spacial score (nSPS) is 16.3. The molecule has 0 heterocycles. The van der Waals surface area contributed by atoms with Gasteiger partial charge in [-0.25, -0.2) is 0 Å². The first kappa shape index (κ1) is 12.0. The van der Waals surface area contributed by atoms with Crippen molar-refractivity contribution < 1.29 is 14.7 Å². The molecule has 1 atom stereocenters. The van der Waals surface area contributed by atoms with Crippen LogP contribution in [0, 0.1) is 0 Å². The zero-order valence-electron chi connectivity index (χ0n) is 9.67. The first-order chi connectivity index (χ1) is 8.61. The van der Waals surface area contributed by atoms with Crippen LogP contribution in [0.25, 0.3) is 0 Å². The van der Waals surface area contributed by atoms with Gasteiger partial charge in [0.2, 0.25) is 0 Å². The molecule has 0 radical (unpaired) electrons. The van der Waals surface area contributed by atoms with Gasteiger partial charge in [0.05, 0.1) is 0 Å². The van der Waals surface area contributed by atoms with Crippen molar-refractivity contribution in [2.45, 2.75) is 5.92 Å². The van der Waals surface area contributed by atoms with Gasteiger partial charge in [0.1, 0.15) is 5.75 Å². The lowest BCUT2D eigenvalue weighted by molar-refractivity contribution is -0.114. The molecule has 0 saturated heterocycles. The Kier molecular flexibility index (Phi) is 3.24. The largest absolute Gasteiger partial charge is 0.508 e. The molecule has 1 aromatic carbocycles. The molecule has 0 saturated carbocycles. The molecule has 18 heavy (non-hydrogen) atoms. The van der Waals surface area contributed by atoms with E-state index in [0.29, 0.717) is 5.57 Å². The van der Waals surface area contributed by atoms with E-state index in [1.54, 1.807) is 18.2 Å². The van der Waals surface area contributed by atoms with Crippen LogP contribution in [-0.2, 0) is 9.59 Å². The number of phenols is 1. The summed E-state index contributed by atoms with van der Waals surface area (Å²) in [5.41, 5.74) is 1.22. The van der Waals surface area contributed by atoms with Crippen LogP contribution in [0.1, 0.15) is 11.5 Å². The number of benzene rings is 1. The number of aromatic hydroxyl groups is 1. The van der Waals surface area contributed by atoms with Gasteiger partial charge in [0.15, 0.2) is 11.6 Å². The van der Waals surface area contributed by atoms with Gasteiger partial charge in [-0.2, -0.15) is 0 Å². The number of allylic oxidation sites excluding steroid dienone is 5. The Balaban J connectivity index is 2.40. The van der Waals surface area contributed by atoms with E-state index >= 15 is 0 Å². The highest BCUT2D eigenvalue weighted by atomic mass is 16.3. The molecule has 1 aromatic rings. The molecule has 0 fully saturated rings. The number of hydrogen-bond acceptors (Lipinski definition) is 3. The predicted molar refractivity (Wildman–Crippen MR) is 68.3 cm³/mol. The molecular formula is C15H12O3. The topological polar surface area (TPSA) is 54.4 Å². The Morgan fingerprint density at radius 3 is 2.39 bits per heavy atom. The molecule has 2 rings (SSSR count). The van der Waals surface area contributed by atoms with E-state index < -0.39 is 0 Å². The number of hydrogen-bond donors (Lipinski definition) is 1. The number of carbonyl (C=O) groups excluding carboxylic acids is 2. The Hall–Kier alpha value is -2.42. The maximum absolute atomic E-state index is 11.8. The summed E-state index contributed by atoms with van der Waals surface area (Å²) < 4.78 is 0. The molecule has 1 aliphatic rings. The first-order valence-electron chi connectivity index (χ1n) is 5.51. The van der Waals surface area contributed by atoms with Crippen LogP contribution in [0.2, 0.25) is 0 Å². The van der Waals surface area contributed by atoms with Gasteiger partial charge in [0, 0.05) is 11.5 Å². The van der Waals surface area contributed by atoms with Crippen molar-refractivity contribution in [2.75, 3.05) is 0 Å². The molecule has 3 nitrogen and oxygen atoms in total. The summed E-state index contributed by atoms with van der Waals surface area (Å²) in [5, 5.41) is 9.24. The average Bonchev–Trinajstić information content (AvgIpc) is 2.37. The lowest BCUT2D eigenvalue weighted by atomic mass is 9.86. The van der Waals surface area contributed by atoms with Gasteiger partial charge in [0.25, 0.3) is 0 Å². The molecule has 0 aromatic heterocycles. The van der Waals surface area contributed by atoms with Crippen LogP contribution in [0.4, 0.5) is 0 Å². The van der Waals surface area contributed by atoms with Crippen molar-refractivity contribution in [1.29, 1.82) is 0 Å². The standard InChI is InChI=1S/C15H12O3/c1-2-13(10-3-5-11(16)6-4-10)14-9-12(17)7-8-15(14)18/h2-9,13,16H,1H2/t13-/m1/s1. The highest BCUT2D eigenvalue weighted by Gasteiger charge is 2.21. The van der Waals surface area contributed by atoms with E-state index in [1.165, 1.54) is 30.4 Å². The first-order valence-corrected chi connectivity index (χ1v) is 5.51. The van der Waals surface area contributed by atoms with Crippen LogP contribution in [-0.4, -0.2) is 16.7 Å². The number of phenolic OH excluding ortho intramolecular Hbond substituents is 1. The van der Waals surface area contributed by atoms with Crippen molar-refractivity contribution in [2.24, 2.45) is 0 Å². The third-order valence-electron chi connectivity index (χ3n) is 2.80. The van der Waals surface area contributed by atoms with Gasteiger partial charge in [-0.3, -0.25) is 9.59 Å². The highest BCUT2D eigenvalue weighted by molar-refractivity contribution is 6.18. The third kappa shape index (κ3) is 2.30. The summed E-state index contributed by atoms with van der Waals surface area (Å²) in [6.45, 7) is 3.70. The molecule has 0 bridgehead atoms. The van der Waals surface area contributed by atoms with Crippen molar-refractivity contribution in [3.8, 4) is 5.75 Å². The van der Waals surface area contributed by atoms with E-state index in [-0.39, 0.29) is 23.2 Å². The lowest BCUT2D eigenvalue weighted by Crippen LogP contribution is -2.13. The summed E-state index contributed by atoms with van der Waals surface area (Å²) in [5.74, 6) is -0.573. The second kappa shape index (κ2) is 4.84. The van der Waals surface area contributed by atoms with Crippen molar-refractivity contribution in [3.63, 3.8) is 0 Å². The molecule has 0 unspecified atom stereocenters. The molecule has 1 aliphatic carbocycles. The van der Waals surface area contributed by atoms with Crippen molar-refractivity contribution >= 4 is 11.6 Å². The number of rotatable bonds is 3. The van der Waals surface area contributed by atoms with Gasteiger partial charge in [-0.1, -0.05) is 18.2 Å². The fourth-order valence-corrected chi connectivity index (χ4v) is 1.89. The smallest absolute Gasteiger partial charge is 0.183 e. The summed E-state index contributed by atoms with van der Waals surface area (Å²) in [6.07, 6.45) is 5.47. The Morgan fingerprint density at radius 1 is 1.11 bits per heavy atom. The zero-order valence-corrected chi connectivity index (χ0v) is 9.67. The molecule has 3 heteroatoms.